The lowest BCUT2D eigenvalue weighted by molar-refractivity contribution is -0.119. The maximum absolute atomic E-state index is 10.7. The van der Waals surface area contributed by atoms with Gasteiger partial charge in [-0.1, -0.05) is 26.0 Å². The SMILES string of the molecule is CCC(C)c1ccc(NC(=S)NNC(C)=O)cc1. The Hall–Kier alpha value is -1.62. The van der Waals surface area contributed by atoms with Crippen molar-refractivity contribution in [3.8, 4) is 0 Å². The molecule has 4 nitrogen and oxygen atoms in total. The highest BCUT2D eigenvalue weighted by Crippen LogP contribution is 2.20. The minimum absolute atomic E-state index is 0.189. The third-order valence-electron chi connectivity index (χ3n) is 2.70. The number of amides is 1. The summed E-state index contributed by atoms with van der Waals surface area (Å²) in [6.07, 6.45) is 1.12. The van der Waals surface area contributed by atoms with E-state index >= 15 is 0 Å². The van der Waals surface area contributed by atoms with E-state index < -0.39 is 0 Å². The largest absolute Gasteiger partial charge is 0.331 e. The number of nitrogens with one attached hydrogen (secondary N) is 3. The van der Waals surface area contributed by atoms with Crippen LogP contribution in [0.4, 0.5) is 5.69 Å². The van der Waals surface area contributed by atoms with Gasteiger partial charge in [-0.15, -0.1) is 0 Å². The molecule has 0 aliphatic heterocycles. The van der Waals surface area contributed by atoms with Crippen LogP contribution in [0.3, 0.4) is 0 Å². The number of carbonyl (C=O) groups excluding carboxylic acids is 1. The monoisotopic (exact) mass is 265 g/mol. The maximum atomic E-state index is 10.7. The molecule has 1 rings (SSSR count). The summed E-state index contributed by atoms with van der Waals surface area (Å²) in [6.45, 7) is 5.78. The molecule has 0 aliphatic rings. The van der Waals surface area contributed by atoms with Crippen molar-refractivity contribution in [1.82, 2.24) is 10.9 Å². The highest BCUT2D eigenvalue weighted by molar-refractivity contribution is 7.80. The number of anilines is 1. The Bertz CT molecular complexity index is 417. The quantitative estimate of drug-likeness (QED) is 0.581. The van der Waals surface area contributed by atoms with Gasteiger partial charge in [0.15, 0.2) is 5.11 Å². The molecular formula is C13H19N3OS. The van der Waals surface area contributed by atoms with Gasteiger partial charge in [0.05, 0.1) is 0 Å². The van der Waals surface area contributed by atoms with E-state index in [4.69, 9.17) is 12.2 Å². The first kappa shape index (κ1) is 14.4. The lowest BCUT2D eigenvalue weighted by Gasteiger charge is -2.12. The predicted octanol–water partition coefficient (Wildman–Crippen LogP) is 2.54. The zero-order valence-corrected chi connectivity index (χ0v) is 11.7. The molecule has 0 bridgehead atoms. The van der Waals surface area contributed by atoms with Gasteiger partial charge in [0.2, 0.25) is 5.91 Å². The van der Waals surface area contributed by atoms with Gasteiger partial charge in [-0.25, -0.2) is 0 Å². The average molecular weight is 265 g/mol. The topological polar surface area (TPSA) is 53.2 Å². The van der Waals surface area contributed by atoms with Gasteiger partial charge in [-0.05, 0) is 42.3 Å². The molecule has 0 spiro atoms. The van der Waals surface area contributed by atoms with Crippen molar-refractivity contribution in [2.75, 3.05) is 5.32 Å². The second kappa shape index (κ2) is 6.96. The van der Waals surface area contributed by atoms with Gasteiger partial charge < -0.3 is 5.32 Å². The fraction of sp³-hybridized carbons (Fsp3) is 0.385. The lowest BCUT2D eigenvalue weighted by atomic mass is 9.99. The Morgan fingerprint density at radius 1 is 1.28 bits per heavy atom. The van der Waals surface area contributed by atoms with E-state index in [2.05, 4.69) is 42.1 Å². The molecule has 18 heavy (non-hydrogen) atoms. The number of rotatable bonds is 3. The Balaban J connectivity index is 2.53. The normalized spacial score (nSPS) is 11.5. The Labute approximate surface area is 113 Å². The Morgan fingerprint density at radius 3 is 2.39 bits per heavy atom. The van der Waals surface area contributed by atoms with E-state index in [1.54, 1.807) is 0 Å². The second-order valence-electron chi connectivity index (χ2n) is 4.19. The van der Waals surface area contributed by atoms with Crippen LogP contribution in [0.2, 0.25) is 0 Å². The molecule has 0 saturated heterocycles. The summed E-state index contributed by atoms with van der Waals surface area (Å²) in [5.41, 5.74) is 7.21. The number of hydrazine groups is 1. The molecule has 0 saturated carbocycles. The van der Waals surface area contributed by atoms with Crippen molar-refractivity contribution < 1.29 is 4.79 Å². The fourth-order valence-electron chi connectivity index (χ4n) is 1.44. The third kappa shape index (κ3) is 4.71. The van der Waals surface area contributed by atoms with E-state index in [0.717, 1.165) is 12.1 Å². The summed E-state index contributed by atoms with van der Waals surface area (Å²) in [7, 11) is 0. The molecule has 5 heteroatoms. The first-order chi connectivity index (χ1) is 8.52. The van der Waals surface area contributed by atoms with Crippen molar-refractivity contribution in [2.45, 2.75) is 33.1 Å². The van der Waals surface area contributed by atoms with E-state index in [9.17, 15) is 4.79 Å². The van der Waals surface area contributed by atoms with Gasteiger partial charge in [-0.2, -0.15) is 0 Å². The first-order valence-electron chi connectivity index (χ1n) is 5.96. The van der Waals surface area contributed by atoms with E-state index in [-0.39, 0.29) is 5.91 Å². The smallest absolute Gasteiger partial charge is 0.235 e. The van der Waals surface area contributed by atoms with Crippen molar-refractivity contribution in [2.24, 2.45) is 0 Å². The van der Waals surface area contributed by atoms with E-state index in [1.807, 2.05) is 12.1 Å². The number of hydrogen-bond acceptors (Lipinski definition) is 2. The zero-order chi connectivity index (χ0) is 13.5. The van der Waals surface area contributed by atoms with Crippen LogP contribution in [0.15, 0.2) is 24.3 Å². The molecule has 0 radical (unpaired) electrons. The van der Waals surface area contributed by atoms with Gasteiger partial charge in [0.1, 0.15) is 0 Å². The Morgan fingerprint density at radius 2 is 1.89 bits per heavy atom. The Kier molecular flexibility index (Phi) is 5.58. The van der Waals surface area contributed by atoms with Gasteiger partial charge >= 0.3 is 0 Å². The first-order valence-corrected chi connectivity index (χ1v) is 6.37. The third-order valence-corrected chi connectivity index (χ3v) is 2.91. The van der Waals surface area contributed by atoms with Crippen molar-refractivity contribution >= 4 is 28.9 Å². The van der Waals surface area contributed by atoms with Crippen LogP contribution in [0.5, 0.6) is 0 Å². The summed E-state index contributed by atoms with van der Waals surface area (Å²) >= 11 is 5.02. The number of hydrogen-bond donors (Lipinski definition) is 3. The molecule has 98 valence electrons. The van der Waals surface area contributed by atoms with Crippen LogP contribution >= 0.6 is 12.2 Å². The average Bonchev–Trinajstić information content (AvgIpc) is 2.36. The van der Waals surface area contributed by atoms with Crippen LogP contribution < -0.4 is 16.2 Å². The number of benzene rings is 1. The zero-order valence-electron chi connectivity index (χ0n) is 10.9. The molecule has 1 unspecified atom stereocenters. The molecule has 0 fully saturated rings. The van der Waals surface area contributed by atoms with Crippen molar-refractivity contribution in [3.63, 3.8) is 0 Å². The summed E-state index contributed by atoms with van der Waals surface area (Å²) in [5.74, 6) is 0.370. The van der Waals surface area contributed by atoms with Gasteiger partial charge in [0, 0.05) is 12.6 Å². The number of thiocarbonyl (C=S) groups is 1. The van der Waals surface area contributed by atoms with Gasteiger partial charge in [-0.3, -0.25) is 15.6 Å². The van der Waals surface area contributed by atoms with Crippen LogP contribution in [-0.4, -0.2) is 11.0 Å². The molecule has 1 amide bonds. The minimum atomic E-state index is -0.189. The standard InChI is InChI=1S/C13H19N3OS/c1-4-9(2)11-5-7-12(8-6-11)14-13(18)16-15-10(3)17/h5-9H,4H2,1-3H3,(H,15,17)(H2,14,16,18). The number of carbonyl (C=O) groups is 1. The van der Waals surface area contributed by atoms with Crippen LogP contribution in [0, 0.1) is 0 Å². The van der Waals surface area contributed by atoms with Crippen LogP contribution in [-0.2, 0) is 4.79 Å². The molecule has 0 aromatic heterocycles. The summed E-state index contributed by atoms with van der Waals surface area (Å²) in [5, 5.41) is 3.35. The molecule has 1 aromatic rings. The fourth-order valence-corrected chi connectivity index (χ4v) is 1.61. The molecule has 0 heterocycles. The van der Waals surface area contributed by atoms with E-state index in [0.29, 0.717) is 11.0 Å². The summed E-state index contributed by atoms with van der Waals surface area (Å²) in [4.78, 5) is 10.7. The predicted molar refractivity (Wildman–Crippen MR) is 78.3 cm³/mol. The highest BCUT2D eigenvalue weighted by Gasteiger charge is 2.03. The molecule has 1 aromatic carbocycles. The maximum Gasteiger partial charge on any atom is 0.235 e. The molecule has 0 aliphatic carbocycles. The molecule has 1 atom stereocenters. The van der Waals surface area contributed by atoms with Crippen molar-refractivity contribution in [1.29, 1.82) is 0 Å². The molecule has 3 N–H and O–H groups in total. The van der Waals surface area contributed by atoms with Crippen molar-refractivity contribution in [3.05, 3.63) is 29.8 Å². The van der Waals surface area contributed by atoms with Gasteiger partial charge in [0.25, 0.3) is 0 Å². The summed E-state index contributed by atoms with van der Waals surface area (Å²) < 4.78 is 0. The molecular weight excluding hydrogens is 246 g/mol. The second-order valence-corrected chi connectivity index (χ2v) is 4.60. The highest BCUT2D eigenvalue weighted by atomic mass is 32.1. The summed E-state index contributed by atoms with van der Waals surface area (Å²) in [6, 6.07) is 8.11. The lowest BCUT2D eigenvalue weighted by Crippen LogP contribution is -2.42. The minimum Gasteiger partial charge on any atom is -0.331 e. The van der Waals surface area contributed by atoms with Crippen LogP contribution in [0.25, 0.3) is 0 Å². The van der Waals surface area contributed by atoms with E-state index in [1.165, 1.54) is 12.5 Å². The van der Waals surface area contributed by atoms with Crippen LogP contribution in [0.1, 0.15) is 38.7 Å².